The summed E-state index contributed by atoms with van der Waals surface area (Å²) in [7, 11) is 2.19. The molecule has 3 nitrogen and oxygen atoms in total. The number of aryl methyl sites for hydroxylation is 2. The predicted octanol–water partition coefficient (Wildman–Crippen LogP) is 3.43. The monoisotopic (exact) mass is 301 g/mol. The van der Waals surface area contributed by atoms with Crippen molar-refractivity contribution in [1.29, 1.82) is 0 Å². The Bertz CT molecular complexity index is 595. The molecular weight excluding hydrogens is 278 g/mol. The van der Waals surface area contributed by atoms with Gasteiger partial charge in [0.15, 0.2) is 5.13 Å². The molecule has 0 saturated carbocycles. The fourth-order valence-electron chi connectivity index (χ4n) is 2.68. The lowest BCUT2D eigenvalue weighted by Crippen LogP contribution is -2.44. The highest BCUT2D eigenvalue weighted by Crippen LogP contribution is 2.32. The van der Waals surface area contributed by atoms with E-state index < -0.39 is 0 Å². The van der Waals surface area contributed by atoms with Crippen LogP contribution in [-0.2, 0) is 6.42 Å². The van der Waals surface area contributed by atoms with Gasteiger partial charge in [-0.1, -0.05) is 31.2 Å². The van der Waals surface area contributed by atoms with Gasteiger partial charge in [0, 0.05) is 36.6 Å². The van der Waals surface area contributed by atoms with Crippen LogP contribution in [0.4, 0.5) is 5.13 Å². The predicted molar refractivity (Wildman–Crippen MR) is 91.4 cm³/mol. The minimum absolute atomic E-state index is 1.08. The average Bonchev–Trinajstić information content (AvgIpc) is 2.90. The van der Waals surface area contributed by atoms with Crippen LogP contribution in [0.1, 0.15) is 17.4 Å². The lowest BCUT2D eigenvalue weighted by atomic mass is 10.1. The van der Waals surface area contributed by atoms with Gasteiger partial charge in [-0.3, -0.25) is 0 Å². The Kier molecular flexibility index (Phi) is 4.27. The van der Waals surface area contributed by atoms with E-state index in [0.29, 0.717) is 0 Å². The molecule has 2 aromatic rings. The van der Waals surface area contributed by atoms with Gasteiger partial charge in [0.25, 0.3) is 0 Å². The molecule has 0 spiro atoms. The van der Waals surface area contributed by atoms with E-state index >= 15 is 0 Å². The quantitative estimate of drug-likeness (QED) is 0.866. The highest BCUT2D eigenvalue weighted by molar-refractivity contribution is 7.16. The molecule has 0 radical (unpaired) electrons. The standard InChI is InChI=1S/C17H23N3S/c1-4-14-5-7-15(8-6-14)16-13(2)21-17(18-16)20-11-9-19(3)10-12-20/h5-8H,4,9-12H2,1-3H3. The minimum atomic E-state index is 1.08. The van der Waals surface area contributed by atoms with Gasteiger partial charge in [-0.2, -0.15) is 0 Å². The van der Waals surface area contributed by atoms with E-state index in [9.17, 15) is 0 Å². The van der Waals surface area contributed by atoms with E-state index in [1.165, 1.54) is 21.1 Å². The van der Waals surface area contributed by atoms with Gasteiger partial charge in [-0.15, -0.1) is 11.3 Å². The molecule has 1 aromatic heterocycles. The SMILES string of the molecule is CCc1ccc(-c2nc(N3CCN(C)CC3)sc2C)cc1. The maximum absolute atomic E-state index is 4.91. The number of thiazole rings is 1. The molecule has 1 aliphatic heterocycles. The largest absolute Gasteiger partial charge is 0.346 e. The number of nitrogens with zero attached hydrogens (tertiary/aromatic N) is 3. The number of benzene rings is 1. The maximum atomic E-state index is 4.91. The van der Waals surface area contributed by atoms with Crippen LogP contribution in [0, 0.1) is 6.92 Å². The number of aromatic nitrogens is 1. The van der Waals surface area contributed by atoms with Gasteiger partial charge < -0.3 is 9.80 Å². The van der Waals surface area contributed by atoms with Crippen molar-refractivity contribution in [2.45, 2.75) is 20.3 Å². The van der Waals surface area contributed by atoms with E-state index in [1.807, 2.05) is 11.3 Å². The second-order valence-corrected chi connectivity index (χ2v) is 6.92. The van der Waals surface area contributed by atoms with Gasteiger partial charge in [0.05, 0.1) is 5.69 Å². The number of hydrogen-bond donors (Lipinski definition) is 0. The Morgan fingerprint density at radius 1 is 1.10 bits per heavy atom. The second-order valence-electron chi connectivity index (χ2n) is 5.74. The highest BCUT2D eigenvalue weighted by Gasteiger charge is 2.19. The van der Waals surface area contributed by atoms with Gasteiger partial charge in [0.2, 0.25) is 0 Å². The molecule has 0 unspecified atom stereocenters. The smallest absolute Gasteiger partial charge is 0.186 e. The second kappa shape index (κ2) is 6.16. The fourth-order valence-corrected chi connectivity index (χ4v) is 3.66. The number of likely N-dealkylation sites (N-methyl/N-ethyl adjacent to an activating group) is 1. The Morgan fingerprint density at radius 3 is 2.38 bits per heavy atom. The summed E-state index contributed by atoms with van der Waals surface area (Å²) in [5.41, 5.74) is 3.77. The molecule has 1 fully saturated rings. The van der Waals surface area contributed by atoms with Crippen molar-refractivity contribution in [3.05, 3.63) is 34.7 Å². The summed E-state index contributed by atoms with van der Waals surface area (Å²) in [5, 5.41) is 1.18. The van der Waals surface area contributed by atoms with E-state index in [0.717, 1.165) is 38.3 Å². The summed E-state index contributed by atoms with van der Waals surface area (Å²) < 4.78 is 0. The third-order valence-corrected chi connectivity index (χ3v) is 5.23. The molecule has 21 heavy (non-hydrogen) atoms. The number of piperazine rings is 1. The van der Waals surface area contributed by atoms with Crippen molar-refractivity contribution < 1.29 is 0 Å². The Labute approximate surface area is 131 Å². The van der Waals surface area contributed by atoms with Crippen LogP contribution < -0.4 is 4.90 Å². The lowest BCUT2D eigenvalue weighted by Gasteiger charge is -2.32. The first-order chi connectivity index (χ1) is 10.2. The Hall–Kier alpha value is -1.39. The van der Waals surface area contributed by atoms with Crippen molar-refractivity contribution in [3.8, 4) is 11.3 Å². The zero-order chi connectivity index (χ0) is 14.8. The molecule has 4 heteroatoms. The van der Waals surface area contributed by atoms with E-state index in [4.69, 9.17) is 4.98 Å². The van der Waals surface area contributed by atoms with Crippen molar-refractivity contribution >= 4 is 16.5 Å². The lowest BCUT2D eigenvalue weighted by molar-refractivity contribution is 0.313. The van der Waals surface area contributed by atoms with Crippen LogP contribution in [0.3, 0.4) is 0 Å². The number of rotatable bonds is 3. The van der Waals surface area contributed by atoms with Gasteiger partial charge in [-0.25, -0.2) is 4.98 Å². The topological polar surface area (TPSA) is 19.4 Å². The molecule has 0 atom stereocenters. The van der Waals surface area contributed by atoms with Crippen molar-refractivity contribution in [3.63, 3.8) is 0 Å². The zero-order valence-corrected chi connectivity index (χ0v) is 13.9. The molecule has 0 aliphatic carbocycles. The molecule has 2 heterocycles. The first-order valence-electron chi connectivity index (χ1n) is 7.67. The van der Waals surface area contributed by atoms with Crippen LogP contribution in [0.25, 0.3) is 11.3 Å². The normalized spacial score (nSPS) is 16.4. The first-order valence-corrected chi connectivity index (χ1v) is 8.49. The molecule has 1 aliphatic rings. The highest BCUT2D eigenvalue weighted by atomic mass is 32.1. The summed E-state index contributed by atoms with van der Waals surface area (Å²) in [6.45, 7) is 8.78. The zero-order valence-electron chi connectivity index (χ0n) is 13.1. The Morgan fingerprint density at radius 2 is 1.76 bits per heavy atom. The van der Waals surface area contributed by atoms with E-state index in [2.05, 4.69) is 55.0 Å². The summed E-state index contributed by atoms with van der Waals surface area (Å²) in [6, 6.07) is 8.83. The van der Waals surface area contributed by atoms with Crippen LogP contribution >= 0.6 is 11.3 Å². The summed E-state index contributed by atoms with van der Waals surface area (Å²) >= 11 is 1.82. The van der Waals surface area contributed by atoms with Crippen LogP contribution in [-0.4, -0.2) is 43.1 Å². The molecule has 1 saturated heterocycles. The fraction of sp³-hybridized carbons (Fsp3) is 0.471. The summed E-state index contributed by atoms with van der Waals surface area (Å²) in [5.74, 6) is 0. The van der Waals surface area contributed by atoms with E-state index in [-0.39, 0.29) is 0 Å². The van der Waals surface area contributed by atoms with E-state index in [1.54, 1.807) is 0 Å². The van der Waals surface area contributed by atoms with Crippen LogP contribution in [0.2, 0.25) is 0 Å². The number of anilines is 1. The summed E-state index contributed by atoms with van der Waals surface area (Å²) in [6.07, 6.45) is 1.09. The van der Waals surface area contributed by atoms with Crippen LogP contribution in [0.15, 0.2) is 24.3 Å². The third kappa shape index (κ3) is 3.11. The van der Waals surface area contributed by atoms with Gasteiger partial charge in [0.1, 0.15) is 0 Å². The molecule has 3 rings (SSSR count). The Balaban J connectivity index is 1.83. The molecule has 1 aromatic carbocycles. The molecular formula is C17H23N3S. The van der Waals surface area contributed by atoms with Gasteiger partial charge >= 0.3 is 0 Å². The molecule has 0 amide bonds. The van der Waals surface area contributed by atoms with Crippen molar-refractivity contribution in [2.24, 2.45) is 0 Å². The average molecular weight is 301 g/mol. The number of hydrogen-bond acceptors (Lipinski definition) is 4. The third-order valence-electron chi connectivity index (χ3n) is 4.19. The maximum Gasteiger partial charge on any atom is 0.186 e. The van der Waals surface area contributed by atoms with Crippen molar-refractivity contribution in [1.82, 2.24) is 9.88 Å². The molecule has 0 N–H and O–H groups in total. The minimum Gasteiger partial charge on any atom is -0.346 e. The van der Waals surface area contributed by atoms with Gasteiger partial charge in [-0.05, 0) is 26.0 Å². The van der Waals surface area contributed by atoms with Crippen LogP contribution in [0.5, 0.6) is 0 Å². The summed E-state index contributed by atoms with van der Waals surface area (Å²) in [4.78, 5) is 11.0. The van der Waals surface area contributed by atoms with Crippen molar-refractivity contribution in [2.75, 3.05) is 38.1 Å². The first kappa shape index (κ1) is 14.5. The molecule has 0 bridgehead atoms. The molecule has 112 valence electrons.